The fourth-order valence-electron chi connectivity index (χ4n) is 2.86. The minimum Gasteiger partial charge on any atom is -0.492 e. The number of aryl methyl sites for hydroxylation is 1. The molecule has 0 aliphatic rings. The molecule has 2 aromatic heterocycles. The Balaban J connectivity index is 1.68. The maximum Gasteiger partial charge on any atom is 0.233 e. The van der Waals surface area contributed by atoms with Crippen LogP contribution in [0.4, 0.5) is 23.3 Å². The van der Waals surface area contributed by atoms with Crippen molar-refractivity contribution in [2.45, 2.75) is 30.3 Å². The van der Waals surface area contributed by atoms with E-state index < -0.39 is 0 Å². The lowest BCUT2D eigenvalue weighted by Crippen LogP contribution is -2.07. The zero-order valence-corrected chi connectivity index (χ0v) is 20.0. The summed E-state index contributed by atoms with van der Waals surface area (Å²) in [6.45, 7) is 6.89. The van der Waals surface area contributed by atoms with Gasteiger partial charge in [-0.1, -0.05) is 35.6 Å². The van der Waals surface area contributed by atoms with Gasteiger partial charge >= 0.3 is 0 Å². The van der Waals surface area contributed by atoms with Gasteiger partial charge in [-0.05, 0) is 56.8 Å². The number of aromatic nitrogens is 5. The monoisotopic (exact) mass is 481 g/mol. The molecule has 9 nitrogen and oxygen atoms in total. The summed E-state index contributed by atoms with van der Waals surface area (Å²) in [6.07, 6.45) is 0. The van der Waals surface area contributed by atoms with Crippen LogP contribution in [0.2, 0.25) is 0 Å². The fourth-order valence-corrected chi connectivity index (χ4v) is 4.53. The van der Waals surface area contributed by atoms with Crippen LogP contribution < -0.4 is 20.1 Å². The average Bonchev–Trinajstić information content (AvgIpc) is 3.21. The molecule has 4 rings (SSSR count). The van der Waals surface area contributed by atoms with Crippen molar-refractivity contribution in [1.29, 1.82) is 0 Å². The zero-order valence-electron chi connectivity index (χ0n) is 18.4. The van der Waals surface area contributed by atoms with Gasteiger partial charge in [0.25, 0.3) is 0 Å². The molecule has 0 spiro atoms. The van der Waals surface area contributed by atoms with Gasteiger partial charge in [0.2, 0.25) is 17.1 Å². The number of anilines is 4. The number of ether oxygens (including phenoxy) is 2. The first-order chi connectivity index (χ1) is 16.1. The van der Waals surface area contributed by atoms with E-state index in [-0.39, 0.29) is 0 Å². The molecule has 0 saturated heterocycles. The molecule has 170 valence electrons. The Morgan fingerprint density at radius 1 is 0.788 bits per heavy atom. The van der Waals surface area contributed by atoms with E-state index in [4.69, 9.17) is 9.47 Å². The van der Waals surface area contributed by atoms with Gasteiger partial charge in [-0.25, -0.2) is 0 Å². The van der Waals surface area contributed by atoms with Crippen molar-refractivity contribution >= 4 is 46.4 Å². The molecule has 11 heteroatoms. The second-order valence-corrected chi connectivity index (χ2v) is 8.96. The number of nitrogens with one attached hydrogen (secondary N) is 2. The standard InChI is InChI=1S/C22H23N7O2S2/c1-4-30-17-12-8-6-10-15(17)23-19-25-20(24-16-11-7-9-13-18(16)31-5-2)27-21(26-19)33-22-29-28-14(3)32-22/h6-13H,4-5H2,1-3H3,(H2,23,24,25,26,27). The van der Waals surface area contributed by atoms with E-state index >= 15 is 0 Å². The van der Waals surface area contributed by atoms with Crippen LogP contribution in [-0.4, -0.2) is 38.4 Å². The van der Waals surface area contributed by atoms with E-state index in [1.807, 2.05) is 69.3 Å². The number of para-hydroxylation sites is 4. The zero-order chi connectivity index (χ0) is 23.0. The van der Waals surface area contributed by atoms with Crippen molar-refractivity contribution in [2.24, 2.45) is 0 Å². The molecule has 0 fully saturated rings. The summed E-state index contributed by atoms with van der Waals surface area (Å²) in [4.78, 5) is 13.7. The molecule has 0 bridgehead atoms. The molecule has 0 aliphatic heterocycles. The van der Waals surface area contributed by atoms with Crippen molar-refractivity contribution in [3.8, 4) is 11.5 Å². The van der Waals surface area contributed by atoms with Crippen LogP contribution in [-0.2, 0) is 0 Å². The van der Waals surface area contributed by atoms with Crippen molar-refractivity contribution in [3.05, 3.63) is 53.5 Å². The molecule has 0 atom stereocenters. The Labute approximate surface area is 200 Å². The van der Waals surface area contributed by atoms with Gasteiger partial charge < -0.3 is 20.1 Å². The van der Waals surface area contributed by atoms with Crippen molar-refractivity contribution in [2.75, 3.05) is 23.8 Å². The Morgan fingerprint density at radius 3 is 1.82 bits per heavy atom. The smallest absolute Gasteiger partial charge is 0.233 e. The minimum absolute atomic E-state index is 0.372. The number of hydrogen-bond donors (Lipinski definition) is 2. The summed E-state index contributed by atoms with van der Waals surface area (Å²) in [7, 11) is 0. The largest absolute Gasteiger partial charge is 0.492 e. The van der Waals surface area contributed by atoms with E-state index in [0.29, 0.717) is 41.8 Å². The molecule has 2 heterocycles. The maximum absolute atomic E-state index is 5.72. The molecule has 0 saturated carbocycles. The first kappa shape index (κ1) is 22.7. The average molecular weight is 482 g/mol. The summed E-state index contributed by atoms with van der Waals surface area (Å²) in [5, 5.41) is 16.1. The molecular formula is C22H23N7O2S2. The molecule has 2 N–H and O–H groups in total. The number of nitrogens with zero attached hydrogens (tertiary/aromatic N) is 5. The van der Waals surface area contributed by atoms with E-state index in [0.717, 1.165) is 20.7 Å². The van der Waals surface area contributed by atoms with Gasteiger partial charge in [0.15, 0.2) is 4.34 Å². The highest BCUT2D eigenvalue weighted by Crippen LogP contribution is 2.32. The predicted molar refractivity (Wildman–Crippen MR) is 130 cm³/mol. The van der Waals surface area contributed by atoms with Crippen LogP contribution in [0, 0.1) is 6.92 Å². The van der Waals surface area contributed by atoms with Crippen LogP contribution in [0.15, 0.2) is 58.0 Å². The third-order valence-electron chi connectivity index (χ3n) is 4.17. The Kier molecular flexibility index (Phi) is 7.53. The summed E-state index contributed by atoms with van der Waals surface area (Å²) in [6, 6.07) is 15.3. The van der Waals surface area contributed by atoms with Crippen LogP contribution in [0.3, 0.4) is 0 Å². The lowest BCUT2D eigenvalue weighted by molar-refractivity contribution is 0.342. The molecule has 0 amide bonds. The summed E-state index contributed by atoms with van der Waals surface area (Å²) < 4.78 is 12.2. The Morgan fingerprint density at radius 2 is 1.33 bits per heavy atom. The maximum atomic E-state index is 5.72. The van der Waals surface area contributed by atoms with Gasteiger partial charge in [-0.3, -0.25) is 0 Å². The number of rotatable bonds is 10. The third kappa shape index (κ3) is 6.08. The summed E-state index contributed by atoms with van der Waals surface area (Å²) in [5.74, 6) is 2.17. The van der Waals surface area contributed by atoms with Gasteiger partial charge in [0.1, 0.15) is 16.5 Å². The lowest BCUT2D eigenvalue weighted by atomic mass is 10.3. The van der Waals surface area contributed by atoms with Crippen molar-refractivity contribution in [3.63, 3.8) is 0 Å². The van der Waals surface area contributed by atoms with Gasteiger partial charge in [-0.15, -0.1) is 10.2 Å². The fraction of sp³-hybridized carbons (Fsp3) is 0.227. The van der Waals surface area contributed by atoms with E-state index in [9.17, 15) is 0 Å². The van der Waals surface area contributed by atoms with Crippen molar-refractivity contribution < 1.29 is 9.47 Å². The van der Waals surface area contributed by atoms with Crippen LogP contribution in [0.25, 0.3) is 0 Å². The second kappa shape index (κ2) is 10.9. The second-order valence-electron chi connectivity index (χ2n) is 6.56. The highest BCUT2D eigenvalue weighted by molar-refractivity contribution is 8.00. The summed E-state index contributed by atoms with van der Waals surface area (Å²) >= 11 is 2.81. The molecule has 33 heavy (non-hydrogen) atoms. The van der Waals surface area contributed by atoms with Crippen LogP contribution in [0.5, 0.6) is 11.5 Å². The topological polar surface area (TPSA) is 107 Å². The van der Waals surface area contributed by atoms with Crippen LogP contribution >= 0.6 is 23.1 Å². The van der Waals surface area contributed by atoms with E-state index in [1.165, 1.54) is 23.1 Å². The lowest BCUT2D eigenvalue weighted by Gasteiger charge is -2.14. The first-order valence-corrected chi connectivity index (χ1v) is 12.0. The molecule has 0 radical (unpaired) electrons. The highest BCUT2D eigenvalue weighted by Gasteiger charge is 2.14. The van der Waals surface area contributed by atoms with E-state index in [1.54, 1.807) is 0 Å². The molecular weight excluding hydrogens is 458 g/mol. The Hall–Kier alpha value is -3.44. The number of hydrogen-bond acceptors (Lipinski definition) is 11. The summed E-state index contributed by atoms with van der Waals surface area (Å²) in [5.41, 5.74) is 1.52. The van der Waals surface area contributed by atoms with E-state index in [2.05, 4.69) is 35.8 Å². The Bertz CT molecular complexity index is 1150. The van der Waals surface area contributed by atoms with Gasteiger partial charge in [0.05, 0.1) is 24.6 Å². The molecule has 2 aromatic carbocycles. The molecule has 4 aromatic rings. The van der Waals surface area contributed by atoms with Crippen molar-refractivity contribution in [1.82, 2.24) is 25.1 Å². The normalized spacial score (nSPS) is 10.6. The molecule has 0 aliphatic carbocycles. The molecule has 0 unspecified atom stereocenters. The minimum atomic E-state index is 0.372. The third-order valence-corrected chi connectivity index (χ3v) is 5.92. The van der Waals surface area contributed by atoms with Gasteiger partial charge in [-0.2, -0.15) is 15.0 Å². The van der Waals surface area contributed by atoms with Crippen LogP contribution in [0.1, 0.15) is 18.9 Å². The highest BCUT2D eigenvalue weighted by atomic mass is 32.2. The first-order valence-electron chi connectivity index (χ1n) is 10.4. The predicted octanol–water partition coefficient (Wildman–Crippen LogP) is 5.47. The SMILES string of the molecule is CCOc1ccccc1Nc1nc(Nc2ccccc2OCC)nc(Sc2nnc(C)s2)n1. The quantitative estimate of drug-likeness (QED) is 0.303. The van der Waals surface area contributed by atoms with Gasteiger partial charge in [0, 0.05) is 0 Å². The number of benzene rings is 2.